The third-order valence-corrected chi connectivity index (χ3v) is 5.19. The van der Waals surface area contributed by atoms with Crippen molar-refractivity contribution in [1.29, 1.82) is 0 Å². The average molecular weight is 359 g/mol. The molecule has 1 saturated carbocycles. The van der Waals surface area contributed by atoms with Crippen molar-refractivity contribution in [1.82, 2.24) is 5.32 Å². The topological polar surface area (TPSA) is 75.6 Å². The van der Waals surface area contributed by atoms with Gasteiger partial charge in [0, 0.05) is 0 Å². The summed E-state index contributed by atoms with van der Waals surface area (Å²) in [5, 5.41) is 13.8. The summed E-state index contributed by atoms with van der Waals surface area (Å²) in [6, 6.07) is 10.3. The van der Waals surface area contributed by atoms with Crippen LogP contribution in [0.5, 0.6) is 5.75 Å². The maximum absolute atomic E-state index is 12.2. The molecule has 1 heterocycles. The fraction of sp³-hybridized carbons (Fsp3) is 0.368. The van der Waals surface area contributed by atoms with E-state index in [-0.39, 0.29) is 18.4 Å². The van der Waals surface area contributed by atoms with Gasteiger partial charge in [-0.2, -0.15) is 0 Å². The molecule has 0 aliphatic heterocycles. The number of thiophene rings is 1. The number of carboxylic acids is 1. The van der Waals surface area contributed by atoms with E-state index in [0.29, 0.717) is 4.88 Å². The largest absolute Gasteiger partial charge is 0.490 e. The minimum absolute atomic E-state index is 0.167. The van der Waals surface area contributed by atoms with Gasteiger partial charge in [0.15, 0.2) is 0 Å². The third-order valence-electron chi connectivity index (χ3n) is 4.32. The highest BCUT2D eigenvalue weighted by atomic mass is 32.1. The Labute approximate surface area is 150 Å². The van der Waals surface area contributed by atoms with Crippen LogP contribution >= 0.6 is 11.3 Å². The van der Waals surface area contributed by atoms with Crippen LogP contribution in [0.3, 0.4) is 0 Å². The molecule has 1 aliphatic rings. The maximum atomic E-state index is 12.2. The maximum Gasteiger partial charge on any atom is 0.305 e. The van der Waals surface area contributed by atoms with E-state index >= 15 is 0 Å². The average Bonchev–Trinajstić information content (AvgIpc) is 3.28. The van der Waals surface area contributed by atoms with Crippen molar-refractivity contribution in [2.45, 2.75) is 44.2 Å². The zero-order chi connectivity index (χ0) is 17.6. The molecule has 25 heavy (non-hydrogen) atoms. The van der Waals surface area contributed by atoms with Crippen LogP contribution < -0.4 is 10.1 Å². The van der Waals surface area contributed by atoms with Crippen molar-refractivity contribution in [2.24, 2.45) is 0 Å². The summed E-state index contributed by atoms with van der Waals surface area (Å²) in [6.45, 7) is 0. The van der Waals surface area contributed by atoms with Gasteiger partial charge in [-0.05, 0) is 54.8 Å². The van der Waals surface area contributed by atoms with Gasteiger partial charge in [-0.3, -0.25) is 9.59 Å². The molecular weight excluding hydrogens is 338 g/mol. The number of benzene rings is 1. The minimum atomic E-state index is -0.956. The number of rotatable bonds is 7. The van der Waals surface area contributed by atoms with Crippen molar-refractivity contribution in [2.75, 3.05) is 0 Å². The van der Waals surface area contributed by atoms with Gasteiger partial charge in [-0.1, -0.05) is 18.2 Å². The molecule has 3 rings (SSSR count). The van der Waals surface area contributed by atoms with E-state index in [0.717, 1.165) is 24.2 Å². The Morgan fingerprint density at radius 3 is 2.52 bits per heavy atom. The first-order chi connectivity index (χ1) is 12.1. The number of nitrogens with one attached hydrogen (secondary N) is 1. The summed E-state index contributed by atoms with van der Waals surface area (Å²) >= 11 is 1.33. The number of aliphatic carboxylic acids is 1. The van der Waals surface area contributed by atoms with E-state index in [9.17, 15) is 9.59 Å². The molecule has 132 valence electrons. The van der Waals surface area contributed by atoms with Crippen LogP contribution in [0.4, 0.5) is 0 Å². The van der Waals surface area contributed by atoms with E-state index in [1.165, 1.54) is 24.2 Å². The highest BCUT2D eigenvalue weighted by Gasteiger charge is 2.20. The molecule has 5 nitrogen and oxygen atoms in total. The first kappa shape index (κ1) is 17.5. The Morgan fingerprint density at radius 1 is 1.20 bits per heavy atom. The zero-order valence-electron chi connectivity index (χ0n) is 13.8. The van der Waals surface area contributed by atoms with Crippen LogP contribution in [-0.2, 0) is 4.79 Å². The molecule has 1 amide bonds. The summed E-state index contributed by atoms with van der Waals surface area (Å²) in [7, 11) is 0. The van der Waals surface area contributed by atoms with Crippen molar-refractivity contribution in [3.8, 4) is 5.75 Å². The molecule has 1 fully saturated rings. The van der Waals surface area contributed by atoms with E-state index in [4.69, 9.17) is 9.84 Å². The van der Waals surface area contributed by atoms with Gasteiger partial charge in [0.05, 0.1) is 23.4 Å². The summed E-state index contributed by atoms with van der Waals surface area (Å²) in [6.07, 6.45) is 4.69. The number of amides is 1. The Kier molecular flexibility index (Phi) is 5.71. The lowest BCUT2D eigenvalue weighted by molar-refractivity contribution is -0.137. The van der Waals surface area contributed by atoms with Crippen LogP contribution in [0.1, 0.15) is 53.4 Å². The number of carbonyl (C=O) groups is 2. The molecule has 1 atom stereocenters. The Bertz CT molecular complexity index is 706. The molecule has 0 saturated heterocycles. The number of hydrogen-bond acceptors (Lipinski definition) is 4. The van der Waals surface area contributed by atoms with Crippen LogP contribution in [0.2, 0.25) is 0 Å². The lowest BCUT2D eigenvalue weighted by Crippen LogP contribution is -2.29. The van der Waals surface area contributed by atoms with E-state index in [1.807, 2.05) is 29.6 Å². The monoisotopic (exact) mass is 359 g/mol. The predicted molar refractivity (Wildman–Crippen MR) is 96.1 cm³/mol. The van der Waals surface area contributed by atoms with Crippen LogP contribution in [0.25, 0.3) is 0 Å². The molecular formula is C19H21NO4S. The van der Waals surface area contributed by atoms with E-state index in [1.54, 1.807) is 12.1 Å². The highest BCUT2D eigenvalue weighted by Crippen LogP contribution is 2.26. The number of ether oxygens (including phenoxy) is 1. The summed E-state index contributed by atoms with van der Waals surface area (Å²) in [5.74, 6) is -0.426. The predicted octanol–water partition coefficient (Wildman–Crippen LogP) is 4.02. The SMILES string of the molecule is O=C(O)CC(NC(=O)c1cccs1)c1ccc(OC2CCCC2)cc1. The molecule has 0 spiro atoms. The summed E-state index contributed by atoms with van der Waals surface area (Å²) in [4.78, 5) is 24.0. The standard InChI is InChI=1S/C19H21NO4S/c21-18(22)12-16(20-19(23)17-6-3-11-25-17)13-7-9-15(10-8-13)24-14-4-1-2-5-14/h3,6-11,14,16H,1-2,4-5,12H2,(H,20,23)(H,21,22). The highest BCUT2D eigenvalue weighted by molar-refractivity contribution is 7.12. The number of hydrogen-bond donors (Lipinski definition) is 2. The first-order valence-electron chi connectivity index (χ1n) is 8.44. The van der Waals surface area contributed by atoms with E-state index in [2.05, 4.69) is 5.32 Å². The molecule has 2 N–H and O–H groups in total. The lowest BCUT2D eigenvalue weighted by atomic mass is 10.0. The third kappa shape index (κ3) is 4.82. The summed E-state index contributed by atoms with van der Waals surface area (Å²) in [5.41, 5.74) is 0.756. The van der Waals surface area contributed by atoms with Crippen LogP contribution in [-0.4, -0.2) is 23.1 Å². The molecule has 1 aliphatic carbocycles. The second-order valence-electron chi connectivity index (χ2n) is 6.19. The first-order valence-corrected chi connectivity index (χ1v) is 9.32. The fourth-order valence-electron chi connectivity index (χ4n) is 3.04. The molecule has 6 heteroatoms. The number of carbonyl (C=O) groups excluding carboxylic acids is 1. The van der Waals surface area contributed by atoms with Crippen molar-refractivity contribution in [3.05, 3.63) is 52.2 Å². The van der Waals surface area contributed by atoms with Gasteiger partial charge < -0.3 is 15.2 Å². The van der Waals surface area contributed by atoms with Gasteiger partial charge in [-0.25, -0.2) is 0 Å². The molecule has 1 aromatic heterocycles. The minimum Gasteiger partial charge on any atom is -0.490 e. The molecule has 2 aromatic rings. The van der Waals surface area contributed by atoms with Gasteiger partial charge in [0.1, 0.15) is 5.75 Å². The van der Waals surface area contributed by atoms with Gasteiger partial charge in [0.25, 0.3) is 5.91 Å². The lowest BCUT2D eigenvalue weighted by Gasteiger charge is -2.18. The zero-order valence-corrected chi connectivity index (χ0v) is 14.6. The van der Waals surface area contributed by atoms with Crippen LogP contribution in [0.15, 0.2) is 41.8 Å². The fourth-order valence-corrected chi connectivity index (χ4v) is 3.67. The normalized spacial score (nSPS) is 15.7. The van der Waals surface area contributed by atoms with Gasteiger partial charge in [0.2, 0.25) is 0 Å². The Morgan fingerprint density at radius 2 is 1.92 bits per heavy atom. The van der Waals surface area contributed by atoms with Crippen LogP contribution in [0, 0.1) is 0 Å². The van der Waals surface area contributed by atoms with Gasteiger partial charge in [-0.15, -0.1) is 11.3 Å². The van der Waals surface area contributed by atoms with Crippen molar-refractivity contribution >= 4 is 23.2 Å². The smallest absolute Gasteiger partial charge is 0.305 e. The molecule has 1 unspecified atom stereocenters. The molecule has 0 radical (unpaired) electrons. The van der Waals surface area contributed by atoms with Crippen molar-refractivity contribution < 1.29 is 19.4 Å². The van der Waals surface area contributed by atoms with Crippen molar-refractivity contribution in [3.63, 3.8) is 0 Å². The second kappa shape index (κ2) is 8.16. The quantitative estimate of drug-likeness (QED) is 0.783. The Hall–Kier alpha value is -2.34. The summed E-state index contributed by atoms with van der Waals surface area (Å²) < 4.78 is 5.93. The van der Waals surface area contributed by atoms with E-state index < -0.39 is 12.0 Å². The molecule has 1 aromatic carbocycles. The van der Waals surface area contributed by atoms with Gasteiger partial charge >= 0.3 is 5.97 Å². The second-order valence-corrected chi connectivity index (χ2v) is 7.14. The molecule has 0 bridgehead atoms. The number of carboxylic acid groups (broad SMARTS) is 1. The Balaban J connectivity index is 1.69.